The van der Waals surface area contributed by atoms with Crippen molar-refractivity contribution in [2.45, 2.75) is 20.4 Å². The van der Waals surface area contributed by atoms with E-state index < -0.39 is 5.97 Å². The van der Waals surface area contributed by atoms with Crippen molar-refractivity contribution in [3.8, 4) is 0 Å². The Morgan fingerprint density at radius 1 is 1.47 bits per heavy atom. The summed E-state index contributed by atoms with van der Waals surface area (Å²) in [6.45, 7) is 3.36. The predicted octanol–water partition coefficient (Wildman–Crippen LogP) is 1.29. The molecule has 8 heteroatoms. The summed E-state index contributed by atoms with van der Waals surface area (Å²) in [6, 6.07) is 0. The number of carbonyl (C=O) groups is 2. The Balaban J connectivity index is 2.09. The first-order chi connectivity index (χ1) is 8.95. The van der Waals surface area contributed by atoms with E-state index in [1.54, 1.807) is 6.92 Å². The molecule has 0 saturated carbocycles. The lowest BCUT2D eigenvalue weighted by atomic mass is 10.3. The summed E-state index contributed by atoms with van der Waals surface area (Å²) in [5.74, 6) is -1.26. The topological polar surface area (TPSA) is 97.1 Å². The second kappa shape index (κ2) is 5.19. The molecular formula is C11H12N4O3S. The predicted molar refractivity (Wildman–Crippen MR) is 69.4 cm³/mol. The third-order valence-corrected chi connectivity index (χ3v) is 3.37. The van der Waals surface area contributed by atoms with Crippen LogP contribution in [-0.2, 0) is 11.3 Å². The summed E-state index contributed by atoms with van der Waals surface area (Å²) >= 11 is 1.31. The lowest BCUT2D eigenvalue weighted by Crippen LogP contribution is -2.11. The fraction of sp³-hybridized carbons (Fsp3) is 0.273. The van der Waals surface area contributed by atoms with Crippen LogP contribution in [0.4, 0.5) is 5.69 Å². The quantitative estimate of drug-likeness (QED) is 0.879. The fourth-order valence-electron chi connectivity index (χ4n) is 1.58. The van der Waals surface area contributed by atoms with Crippen LogP contribution < -0.4 is 5.32 Å². The van der Waals surface area contributed by atoms with Crippen molar-refractivity contribution < 1.29 is 14.7 Å². The Labute approximate surface area is 112 Å². The van der Waals surface area contributed by atoms with Crippen LogP contribution in [0.15, 0.2) is 12.4 Å². The van der Waals surface area contributed by atoms with Crippen LogP contribution in [0.2, 0.25) is 0 Å². The molecule has 2 aromatic rings. The zero-order chi connectivity index (χ0) is 14.0. The molecule has 0 spiro atoms. The molecule has 2 N–H and O–H groups in total. The smallest absolute Gasteiger partial charge is 0.325 e. The lowest BCUT2D eigenvalue weighted by molar-refractivity contribution is -0.137. The third kappa shape index (κ3) is 3.16. The molecule has 0 aliphatic rings. The molecule has 0 bridgehead atoms. The number of thiazole rings is 1. The Kier molecular flexibility index (Phi) is 3.61. The highest BCUT2D eigenvalue weighted by Gasteiger charge is 2.14. The van der Waals surface area contributed by atoms with E-state index in [2.05, 4.69) is 15.4 Å². The van der Waals surface area contributed by atoms with Gasteiger partial charge in [-0.1, -0.05) is 0 Å². The molecule has 0 aliphatic carbocycles. The second-order valence-corrected chi connectivity index (χ2v) is 5.13. The van der Waals surface area contributed by atoms with Gasteiger partial charge in [-0.3, -0.25) is 14.3 Å². The normalized spacial score (nSPS) is 10.4. The van der Waals surface area contributed by atoms with Crippen LogP contribution in [0.25, 0.3) is 0 Å². The van der Waals surface area contributed by atoms with Gasteiger partial charge in [-0.25, -0.2) is 4.98 Å². The molecule has 2 aromatic heterocycles. The second-order valence-electron chi connectivity index (χ2n) is 3.92. The highest BCUT2D eigenvalue weighted by molar-refractivity contribution is 7.13. The number of nitrogens with zero attached hydrogens (tertiary/aromatic N) is 3. The zero-order valence-corrected chi connectivity index (χ0v) is 11.2. The van der Waals surface area contributed by atoms with Gasteiger partial charge < -0.3 is 10.4 Å². The summed E-state index contributed by atoms with van der Waals surface area (Å²) in [5, 5.41) is 15.9. The molecule has 100 valence electrons. The van der Waals surface area contributed by atoms with E-state index in [9.17, 15) is 9.59 Å². The van der Waals surface area contributed by atoms with Crippen LogP contribution in [0.5, 0.6) is 0 Å². The number of hydrogen-bond donors (Lipinski definition) is 2. The average Bonchev–Trinajstić information content (AvgIpc) is 2.84. The molecule has 0 radical (unpaired) electrons. The van der Waals surface area contributed by atoms with Gasteiger partial charge in [0.25, 0.3) is 5.91 Å². The number of amides is 1. The summed E-state index contributed by atoms with van der Waals surface area (Å²) in [4.78, 5) is 27.2. The van der Waals surface area contributed by atoms with E-state index in [0.29, 0.717) is 16.3 Å². The number of aliphatic carboxylic acids is 1. The van der Waals surface area contributed by atoms with Crippen LogP contribution in [-0.4, -0.2) is 31.7 Å². The van der Waals surface area contributed by atoms with E-state index >= 15 is 0 Å². The Bertz CT molecular complexity index is 632. The first-order valence-corrected chi connectivity index (χ1v) is 6.27. The number of anilines is 1. The highest BCUT2D eigenvalue weighted by atomic mass is 32.1. The first-order valence-electron chi connectivity index (χ1n) is 5.45. The van der Waals surface area contributed by atoms with Gasteiger partial charge in [0.2, 0.25) is 0 Å². The molecule has 0 atom stereocenters. The number of rotatable bonds is 4. The number of carbonyl (C=O) groups excluding carboxylic acids is 1. The average molecular weight is 280 g/mol. The minimum atomic E-state index is -0.991. The molecule has 2 rings (SSSR count). The summed E-state index contributed by atoms with van der Waals surface area (Å²) in [7, 11) is 0. The van der Waals surface area contributed by atoms with Crippen molar-refractivity contribution >= 4 is 28.9 Å². The molecule has 0 fully saturated rings. The van der Waals surface area contributed by atoms with E-state index in [0.717, 1.165) is 5.01 Å². The number of carboxylic acid groups (broad SMARTS) is 1. The number of hydrogen-bond acceptors (Lipinski definition) is 5. The van der Waals surface area contributed by atoms with Crippen molar-refractivity contribution in [3.63, 3.8) is 0 Å². The van der Waals surface area contributed by atoms with Crippen LogP contribution in [0, 0.1) is 13.8 Å². The molecule has 19 heavy (non-hydrogen) atoms. The van der Waals surface area contributed by atoms with E-state index in [4.69, 9.17) is 5.11 Å². The van der Waals surface area contributed by atoms with Crippen molar-refractivity contribution in [2.75, 3.05) is 5.32 Å². The van der Waals surface area contributed by atoms with E-state index in [1.165, 1.54) is 28.4 Å². The van der Waals surface area contributed by atoms with Crippen molar-refractivity contribution in [3.05, 3.63) is 28.0 Å². The van der Waals surface area contributed by atoms with Gasteiger partial charge in [0, 0.05) is 6.20 Å². The molecule has 0 saturated heterocycles. The maximum Gasteiger partial charge on any atom is 0.325 e. The van der Waals surface area contributed by atoms with E-state index in [-0.39, 0.29) is 12.5 Å². The minimum Gasteiger partial charge on any atom is -0.480 e. The van der Waals surface area contributed by atoms with Crippen LogP contribution >= 0.6 is 11.3 Å². The maximum atomic E-state index is 12.0. The standard InChI is InChI=1S/C11H12N4O3S/c1-6-10(19-7(2)13-6)11(18)14-8-3-12-15(4-8)5-9(16)17/h3-4H,5H2,1-2H3,(H,14,18)(H,16,17). The highest BCUT2D eigenvalue weighted by Crippen LogP contribution is 2.18. The molecule has 2 heterocycles. The SMILES string of the molecule is Cc1nc(C)c(C(=O)Nc2cnn(CC(=O)O)c2)s1. The molecule has 0 aromatic carbocycles. The van der Waals surface area contributed by atoms with Gasteiger partial charge >= 0.3 is 5.97 Å². The summed E-state index contributed by atoms with van der Waals surface area (Å²) in [5.41, 5.74) is 1.13. The van der Waals surface area contributed by atoms with Gasteiger partial charge in [0.15, 0.2) is 0 Å². The largest absolute Gasteiger partial charge is 0.480 e. The molecule has 7 nitrogen and oxygen atoms in total. The van der Waals surface area contributed by atoms with Gasteiger partial charge in [0.1, 0.15) is 11.4 Å². The monoisotopic (exact) mass is 280 g/mol. The number of aromatic nitrogens is 3. The molecular weight excluding hydrogens is 268 g/mol. The number of carboxylic acids is 1. The van der Waals surface area contributed by atoms with Gasteiger partial charge in [0.05, 0.1) is 22.6 Å². The Hall–Kier alpha value is -2.22. The van der Waals surface area contributed by atoms with Crippen LogP contribution in [0.3, 0.4) is 0 Å². The fourth-order valence-corrected chi connectivity index (χ4v) is 2.40. The molecule has 1 amide bonds. The van der Waals surface area contributed by atoms with Crippen LogP contribution in [0.1, 0.15) is 20.4 Å². The Morgan fingerprint density at radius 3 is 2.79 bits per heavy atom. The Morgan fingerprint density at radius 2 is 2.21 bits per heavy atom. The van der Waals surface area contributed by atoms with Gasteiger partial charge in [-0.05, 0) is 13.8 Å². The maximum absolute atomic E-state index is 12.0. The molecule has 0 unspecified atom stereocenters. The van der Waals surface area contributed by atoms with Crippen molar-refractivity contribution in [1.82, 2.24) is 14.8 Å². The minimum absolute atomic E-state index is 0.242. The van der Waals surface area contributed by atoms with Crippen molar-refractivity contribution in [1.29, 1.82) is 0 Å². The molecule has 0 aliphatic heterocycles. The number of nitrogens with one attached hydrogen (secondary N) is 1. The first kappa shape index (κ1) is 13.2. The summed E-state index contributed by atoms with van der Waals surface area (Å²) in [6.07, 6.45) is 2.87. The summed E-state index contributed by atoms with van der Waals surface area (Å²) < 4.78 is 1.24. The van der Waals surface area contributed by atoms with Gasteiger partial charge in [-0.15, -0.1) is 11.3 Å². The zero-order valence-electron chi connectivity index (χ0n) is 10.4. The lowest BCUT2D eigenvalue weighted by Gasteiger charge is -1.99. The number of aryl methyl sites for hydroxylation is 2. The van der Waals surface area contributed by atoms with Gasteiger partial charge in [-0.2, -0.15) is 5.10 Å². The van der Waals surface area contributed by atoms with Crippen molar-refractivity contribution in [2.24, 2.45) is 0 Å². The third-order valence-electron chi connectivity index (χ3n) is 2.30. The van der Waals surface area contributed by atoms with E-state index in [1.807, 2.05) is 6.92 Å².